The molecule has 2 aliphatic heterocycles. The van der Waals surface area contributed by atoms with E-state index in [1.54, 1.807) is 0 Å². The molecule has 0 aliphatic carbocycles. The third-order valence-electron chi connectivity index (χ3n) is 4.74. The molecule has 0 aromatic heterocycles. The van der Waals surface area contributed by atoms with Gasteiger partial charge in [-0.1, -0.05) is 30.3 Å². The number of aliphatic hydroxyl groups is 1. The van der Waals surface area contributed by atoms with Gasteiger partial charge in [-0.25, -0.2) is 0 Å². The van der Waals surface area contributed by atoms with Gasteiger partial charge in [-0.3, -0.25) is 14.6 Å². The smallest absolute Gasteiger partial charge is 0.240 e. The maximum absolute atomic E-state index is 12.7. The van der Waals surface area contributed by atoms with Gasteiger partial charge < -0.3 is 10.0 Å². The number of amides is 1. The minimum atomic E-state index is 0.0598. The number of nitrogens with zero attached hydrogens (tertiary/aromatic N) is 3. The molecule has 2 fully saturated rings. The topological polar surface area (TPSA) is 47.0 Å². The lowest BCUT2D eigenvalue weighted by Crippen LogP contribution is -2.59. The second kappa shape index (κ2) is 7.22. The first-order valence-corrected chi connectivity index (χ1v) is 8.18. The lowest BCUT2D eigenvalue weighted by atomic mass is 9.99. The van der Waals surface area contributed by atoms with Crippen molar-refractivity contribution in [3.05, 3.63) is 35.9 Å². The van der Waals surface area contributed by atoms with E-state index in [1.165, 1.54) is 5.56 Å². The molecular weight excluding hydrogens is 278 g/mol. The Hall–Kier alpha value is -1.43. The van der Waals surface area contributed by atoms with E-state index in [2.05, 4.69) is 21.9 Å². The Bertz CT molecular complexity index is 486. The number of rotatable bonds is 5. The molecule has 1 amide bonds. The second-order valence-corrected chi connectivity index (χ2v) is 6.15. The Balaban J connectivity index is 1.50. The Morgan fingerprint density at radius 2 is 1.82 bits per heavy atom. The number of likely N-dealkylation sites (tertiary alicyclic amines) is 1. The third-order valence-corrected chi connectivity index (χ3v) is 4.74. The summed E-state index contributed by atoms with van der Waals surface area (Å²) in [5.41, 5.74) is 1.27. The van der Waals surface area contributed by atoms with Crippen molar-refractivity contribution in [2.45, 2.75) is 19.0 Å². The highest BCUT2D eigenvalue weighted by molar-refractivity contribution is 5.83. The number of carbonyl (C=O) groups excluding carboxylic acids is 1. The summed E-state index contributed by atoms with van der Waals surface area (Å²) >= 11 is 0. The summed E-state index contributed by atoms with van der Waals surface area (Å²) in [6.45, 7) is 6.10. The molecule has 3 rings (SSSR count). The van der Waals surface area contributed by atoms with Crippen molar-refractivity contribution >= 4 is 5.91 Å². The molecule has 2 aliphatic rings. The fourth-order valence-electron chi connectivity index (χ4n) is 3.27. The fraction of sp³-hybridized carbons (Fsp3) is 0.588. The first kappa shape index (κ1) is 15.5. The maximum atomic E-state index is 12.7. The molecule has 2 heterocycles. The maximum Gasteiger partial charge on any atom is 0.240 e. The van der Waals surface area contributed by atoms with E-state index in [0.717, 1.165) is 45.7 Å². The van der Waals surface area contributed by atoms with E-state index in [4.69, 9.17) is 5.11 Å². The highest BCUT2D eigenvalue weighted by Gasteiger charge is 2.37. The predicted octanol–water partition coefficient (Wildman–Crippen LogP) is 0.397. The van der Waals surface area contributed by atoms with Crippen LogP contribution in [0.25, 0.3) is 0 Å². The minimum Gasteiger partial charge on any atom is -0.395 e. The SMILES string of the molecule is O=C(C1CCN1Cc1ccccc1)N1CCN(CCO)CC1. The molecule has 1 N–H and O–H groups in total. The van der Waals surface area contributed by atoms with Crippen LogP contribution in [0.4, 0.5) is 0 Å². The number of β-amino-alcohol motifs (C(OH)–C–C–N with tert-alkyl or cyclic N) is 1. The van der Waals surface area contributed by atoms with Crippen LogP contribution < -0.4 is 0 Å². The third kappa shape index (κ3) is 3.48. The van der Waals surface area contributed by atoms with E-state index >= 15 is 0 Å². The average molecular weight is 303 g/mol. The van der Waals surface area contributed by atoms with Gasteiger partial charge in [0.15, 0.2) is 0 Å². The molecule has 0 saturated carbocycles. The normalized spacial score (nSPS) is 23.3. The van der Waals surface area contributed by atoms with E-state index in [0.29, 0.717) is 6.54 Å². The molecule has 1 unspecified atom stereocenters. The van der Waals surface area contributed by atoms with Gasteiger partial charge in [-0.15, -0.1) is 0 Å². The van der Waals surface area contributed by atoms with Crippen LogP contribution in [0.15, 0.2) is 30.3 Å². The van der Waals surface area contributed by atoms with Gasteiger partial charge in [0.2, 0.25) is 5.91 Å². The lowest BCUT2D eigenvalue weighted by Gasteiger charge is -2.44. The molecule has 2 saturated heterocycles. The van der Waals surface area contributed by atoms with Crippen LogP contribution in [0.5, 0.6) is 0 Å². The molecule has 0 spiro atoms. The Labute approximate surface area is 132 Å². The molecule has 22 heavy (non-hydrogen) atoms. The standard InChI is InChI=1S/C17H25N3O2/c21-13-12-18-8-10-19(11-9-18)17(22)16-6-7-20(16)14-15-4-2-1-3-5-15/h1-5,16,21H,6-14H2. The van der Waals surface area contributed by atoms with Gasteiger partial charge in [-0.2, -0.15) is 0 Å². The average Bonchev–Trinajstić information content (AvgIpc) is 2.53. The first-order chi connectivity index (χ1) is 10.8. The van der Waals surface area contributed by atoms with Gasteiger partial charge >= 0.3 is 0 Å². The number of carbonyl (C=O) groups is 1. The summed E-state index contributed by atoms with van der Waals surface area (Å²) < 4.78 is 0. The zero-order valence-corrected chi connectivity index (χ0v) is 13.0. The fourth-order valence-corrected chi connectivity index (χ4v) is 3.27. The number of hydrogen-bond donors (Lipinski definition) is 1. The van der Waals surface area contributed by atoms with Gasteiger partial charge in [-0.05, 0) is 12.0 Å². The first-order valence-electron chi connectivity index (χ1n) is 8.18. The summed E-state index contributed by atoms with van der Waals surface area (Å²) in [6.07, 6.45) is 0.975. The lowest BCUT2D eigenvalue weighted by molar-refractivity contribution is -0.144. The predicted molar refractivity (Wildman–Crippen MR) is 85.4 cm³/mol. The molecule has 5 nitrogen and oxygen atoms in total. The zero-order chi connectivity index (χ0) is 15.4. The van der Waals surface area contributed by atoms with Crippen molar-refractivity contribution in [1.29, 1.82) is 0 Å². The second-order valence-electron chi connectivity index (χ2n) is 6.15. The van der Waals surface area contributed by atoms with Gasteiger partial charge in [0, 0.05) is 45.8 Å². The molecular formula is C17H25N3O2. The number of aliphatic hydroxyl groups excluding tert-OH is 1. The molecule has 1 aromatic carbocycles. The van der Waals surface area contributed by atoms with Crippen molar-refractivity contribution in [1.82, 2.24) is 14.7 Å². The number of piperazine rings is 1. The zero-order valence-electron chi connectivity index (χ0n) is 13.0. The Kier molecular flexibility index (Phi) is 5.08. The van der Waals surface area contributed by atoms with E-state index < -0.39 is 0 Å². The molecule has 0 bridgehead atoms. The summed E-state index contributed by atoms with van der Waals surface area (Å²) in [7, 11) is 0. The highest BCUT2D eigenvalue weighted by atomic mass is 16.3. The van der Waals surface area contributed by atoms with Crippen molar-refractivity contribution in [3.8, 4) is 0 Å². The van der Waals surface area contributed by atoms with Gasteiger partial charge in [0.1, 0.15) is 0 Å². The van der Waals surface area contributed by atoms with Crippen molar-refractivity contribution < 1.29 is 9.90 Å². The highest BCUT2D eigenvalue weighted by Crippen LogP contribution is 2.23. The summed E-state index contributed by atoms with van der Waals surface area (Å²) in [6, 6.07) is 10.4. The monoisotopic (exact) mass is 303 g/mol. The van der Waals surface area contributed by atoms with Crippen molar-refractivity contribution in [3.63, 3.8) is 0 Å². The van der Waals surface area contributed by atoms with Gasteiger partial charge in [0.25, 0.3) is 0 Å². The van der Waals surface area contributed by atoms with Crippen LogP contribution in [0, 0.1) is 0 Å². The molecule has 5 heteroatoms. The van der Waals surface area contributed by atoms with Crippen LogP contribution in [-0.4, -0.2) is 77.6 Å². The summed E-state index contributed by atoms with van der Waals surface area (Å²) in [5.74, 6) is 0.283. The van der Waals surface area contributed by atoms with E-state index in [-0.39, 0.29) is 18.6 Å². The minimum absolute atomic E-state index is 0.0598. The van der Waals surface area contributed by atoms with Crippen LogP contribution in [-0.2, 0) is 11.3 Å². The van der Waals surface area contributed by atoms with Crippen molar-refractivity contribution in [2.75, 3.05) is 45.9 Å². The van der Waals surface area contributed by atoms with E-state index in [1.807, 2.05) is 23.1 Å². The Morgan fingerprint density at radius 1 is 1.09 bits per heavy atom. The molecule has 1 aromatic rings. The largest absolute Gasteiger partial charge is 0.395 e. The summed E-state index contributed by atoms with van der Waals surface area (Å²) in [5, 5.41) is 8.98. The van der Waals surface area contributed by atoms with Crippen LogP contribution >= 0.6 is 0 Å². The van der Waals surface area contributed by atoms with Crippen LogP contribution in [0.3, 0.4) is 0 Å². The van der Waals surface area contributed by atoms with Gasteiger partial charge in [0.05, 0.1) is 12.6 Å². The number of benzene rings is 1. The van der Waals surface area contributed by atoms with Crippen LogP contribution in [0.1, 0.15) is 12.0 Å². The van der Waals surface area contributed by atoms with Crippen LogP contribution in [0.2, 0.25) is 0 Å². The number of hydrogen-bond acceptors (Lipinski definition) is 4. The molecule has 0 radical (unpaired) electrons. The summed E-state index contributed by atoms with van der Waals surface area (Å²) in [4.78, 5) is 19.1. The molecule has 120 valence electrons. The quantitative estimate of drug-likeness (QED) is 0.855. The Morgan fingerprint density at radius 3 is 2.41 bits per heavy atom. The molecule has 1 atom stereocenters. The van der Waals surface area contributed by atoms with E-state index in [9.17, 15) is 4.79 Å². The van der Waals surface area contributed by atoms with Crippen molar-refractivity contribution in [2.24, 2.45) is 0 Å².